The Balaban J connectivity index is 1.87. The second-order valence-electron chi connectivity index (χ2n) is 7.23. The molecule has 9 heteroatoms. The Kier molecular flexibility index (Phi) is 4.64. The van der Waals surface area contributed by atoms with E-state index in [1.54, 1.807) is 35.4 Å². The highest BCUT2D eigenvalue weighted by atomic mass is 35.5. The summed E-state index contributed by atoms with van der Waals surface area (Å²) >= 11 is 6.16. The van der Waals surface area contributed by atoms with E-state index in [-0.39, 0.29) is 17.3 Å². The summed E-state index contributed by atoms with van der Waals surface area (Å²) in [5.74, 6) is -0.591. The molecule has 0 fully saturated rings. The molecule has 0 spiro atoms. The van der Waals surface area contributed by atoms with Crippen LogP contribution in [-0.4, -0.2) is 35.7 Å². The average Bonchev–Trinajstić information content (AvgIpc) is 2.75. The second kappa shape index (κ2) is 7.25. The molecule has 1 aromatic carbocycles. The summed E-state index contributed by atoms with van der Waals surface area (Å²) in [6.45, 7) is 1.96. The van der Waals surface area contributed by atoms with Gasteiger partial charge < -0.3 is 4.90 Å². The third-order valence-corrected chi connectivity index (χ3v) is 7.15. The summed E-state index contributed by atoms with van der Waals surface area (Å²) in [6, 6.07) is 11.7. The molecule has 0 N–H and O–H groups in total. The third kappa shape index (κ3) is 3.23. The van der Waals surface area contributed by atoms with Gasteiger partial charge in [0.05, 0.1) is 44.4 Å². The minimum absolute atomic E-state index is 0.0664. The zero-order valence-electron chi connectivity index (χ0n) is 16.4. The smallest absolute Gasteiger partial charge is 0.199 e. The molecule has 0 unspecified atom stereocenters. The lowest BCUT2D eigenvalue weighted by Gasteiger charge is -2.33. The van der Waals surface area contributed by atoms with E-state index in [1.807, 2.05) is 19.1 Å². The van der Waals surface area contributed by atoms with Gasteiger partial charge in [0.1, 0.15) is 5.82 Å². The zero-order valence-corrected chi connectivity index (χ0v) is 18.0. The van der Waals surface area contributed by atoms with E-state index in [0.717, 1.165) is 0 Å². The van der Waals surface area contributed by atoms with Crippen LogP contribution in [0, 0.1) is 12.7 Å². The van der Waals surface area contributed by atoms with E-state index in [2.05, 4.69) is 15.0 Å². The first kappa shape index (κ1) is 19.8. The first-order valence-corrected chi connectivity index (χ1v) is 11.6. The second-order valence-corrected chi connectivity index (χ2v) is 9.69. The van der Waals surface area contributed by atoms with Gasteiger partial charge in [0.2, 0.25) is 0 Å². The van der Waals surface area contributed by atoms with Crippen molar-refractivity contribution in [2.75, 3.05) is 17.2 Å². The van der Waals surface area contributed by atoms with Crippen molar-refractivity contribution in [3.8, 4) is 11.4 Å². The summed E-state index contributed by atoms with van der Waals surface area (Å²) < 4.78 is 40.4. The van der Waals surface area contributed by atoms with Crippen LogP contribution >= 0.6 is 11.6 Å². The predicted molar refractivity (Wildman–Crippen MR) is 118 cm³/mol. The third-order valence-electron chi connectivity index (χ3n) is 5.32. The van der Waals surface area contributed by atoms with Crippen molar-refractivity contribution in [2.45, 2.75) is 11.9 Å². The molecule has 156 valence electrons. The van der Waals surface area contributed by atoms with E-state index in [4.69, 9.17) is 11.6 Å². The van der Waals surface area contributed by atoms with Gasteiger partial charge in [0, 0.05) is 24.5 Å². The molecular weight excluding hydrogens is 439 g/mol. The van der Waals surface area contributed by atoms with Crippen molar-refractivity contribution in [3.05, 3.63) is 71.3 Å². The largest absolute Gasteiger partial charge is 0.337 e. The topological polar surface area (TPSA) is 76.1 Å². The van der Waals surface area contributed by atoms with Crippen LogP contribution in [0.25, 0.3) is 22.3 Å². The molecule has 4 aromatic rings. The highest BCUT2D eigenvalue weighted by Crippen LogP contribution is 2.43. The zero-order chi connectivity index (χ0) is 21.8. The standard InChI is InChI=1S/C22H16ClFN4O2S/c1-13-20(17-6-2-3-8-25-17)27-16-7-4-5-15(24)19(16)21(13)28-9-10-31(29,30)22-18(28)11-14(23)12-26-22/h2-8,11-12H,9-10H2,1H3. The van der Waals surface area contributed by atoms with Crippen LogP contribution in [-0.2, 0) is 9.84 Å². The lowest BCUT2D eigenvalue weighted by molar-refractivity contribution is 0.588. The van der Waals surface area contributed by atoms with Gasteiger partial charge in [0.15, 0.2) is 14.9 Å². The Morgan fingerprint density at radius 1 is 1.13 bits per heavy atom. The molecule has 6 nitrogen and oxygen atoms in total. The van der Waals surface area contributed by atoms with Gasteiger partial charge in [0.25, 0.3) is 0 Å². The average molecular weight is 455 g/mol. The molecule has 5 rings (SSSR count). The molecule has 4 heterocycles. The van der Waals surface area contributed by atoms with E-state index >= 15 is 4.39 Å². The fraction of sp³-hybridized carbons (Fsp3) is 0.136. The van der Waals surface area contributed by atoms with Crippen molar-refractivity contribution < 1.29 is 12.8 Å². The highest BCUT2D eigenvalue weighted by molar-refractivity contribution is 7.91. The number of aromatic nitrogens is 3. The van der Waals surface area contributed by atoms with Gasteiger partial charge in [-0.1, -0.05) is 23.7 Å². The van der Waals surface area contributed by atoms with E-state index in [0.29, 0.717) is 44.3 Å². The van der Waals surface area contributed by atoms with Crippen molar-refractivity contribution in [3.63, 3.8) is 0 Å². The normalized spacial score (nSPS) is 15.1. The molecule has 0 radical (unpaired) electrons. The maximum atomic E-state index is 15.1. The first-order chi connectivity index (χ1) is 14.9. The number of benzene rings is 1. The van der Waals surface area contributed by atoms with E-state index in [1.165, 1.54) is 12.3 Å². The minimum atomic E-state index is -3.57. The number of sulfone groups is 1. The van der Waals surface area contributed by atoms with Crippen LogP contribution in [0.1, 0.15) is 5.56 Å². The van der Waals surface area contributed by atoms with Gasteiger partial charge in [-0.15, -0.1) is 0 Å². The van der Waals surface area contributed by atoms with E-state index in [9.17, 15) is 8.42 Å². The summed E-state index contributed by atoms with van der Waals surface area (Å²) in [5, 5.41) is 0.537. The summed E-state index contributed by atoms with van der Waals surface area (Å²) in [5.41, 5.74) is 3.22. The van der Waals surface area contributed by atoms with Gasteiger partial charge in [-0.05, 0) is 37.3 Å². The van der Waals surface area contributed by atoms with Gasteiger partial charge in [-0.2, -0.15) is 0 Å². The van der Waals surface area contributed by atoms with Crippen LogP contribution in [0.5, 0.6) is 0 Å². The quantitative estimate of drug-likeness (QED) is 0.436. The number of anilines is 2. The van der Waals surface area contributed by atoms with Crippen molar-refractivity contribution >= 4 is 43.7 Å². The number of halogens is 2. The molecule has 31 heavy (non-hydrogen) atoms. The van der Waals surface area contributed by atoms with E-state index < -0.39 is 15.7 Å². The van der Waals surface area contributed by atoms with Crippen molar-refractivity contribution in [2.24, 2.45) is 0 Å². The van der Waals surface area contributed by atoms with Crippen LogP contribution in [0.2, 0.25) is 5.02 Å². The SMILES string of the molecule is Cc1c(-c2ccccn2)nc2cccc(F)c2c1N1CCS(=O)(=O)c2ncc(Cl)cc21. The molecular formula is C22H16ClFN4O2S. The number of hydrogen-bond acceptors (Lipinski definition) is 6. The number of fused-ring (bicyclic) bond motifs is 2. The molecule has 0 amide bonds. The van der Waals surface area contributed by atoms with Crippen molar-refractivity contribution in [1.82, 2.24) is 15.0 Å². The minimum Gasteiger partial charge on any atom is -0.337 e. The lowest BCUT2D eigenvalue weighted by Crippen LogP contribution is -2.33. The number of hydrogen-bond donors (Lipinski definition) is 0. The predicted octanol–water partition coefficient (Wildman–Crippen LogP) is 4.72. The van der Waals surface area contributed by atoms with Crippen LogP contribution < -0.4 is 4.90 Å². The van der Waals surface area contributed by atoms with Gasteiger partial charge in [-0.3, -0.25) is 4.98 Å². The molecule has 0 bridgehead atoms. The Bertz CT molecular complexity index is 1450. The molecule has 1 aliphatic heterocycles. The van der Waals surface area contributed by atoms with Crippen LogP contribution in [0.15, 0.2) is 59.9 Å². The molecule has 0 aliphatic carbocycles. The Hall–Kier alpha value is -3.10. The monoisotopic (exact) mass is 454 g/mol. The highest BCUT2D eigenvalue weighted by Gasteiger charge is 2.33. The summed E-state index contributed by atoms with van der Waals surface area (Å²) in [7, 11) is -3.57. The van der Waals surface area contributed by atoms with Gasteiger partial charge in [-0.25, -0.2) is 22.8 Å². The Morgan fingerprint density at radius 3 is 2.74 bits per heavy atom. The van der Waals surface area contributed by atoms with Crippen molar-refractivity contribution in [1.29, 1.82) is 0 Å². The van der Waals surface area contributed by atoms with Crippen LogP contribution in [0.4, 0.5) is 15.8 Å². The molecule has 0 saturated carbocycles. The maximum absolute atomic E-state index is 15.1. The first-order valence-electron chi connectivity index (χ1n) is 9.53. The lowest BCUT2D eigenvalue weighted by atomic mass is 10.0. The Labute approximate surface area is 183 Å². The summed E-state index contributed by atoms with van der Waals surface area (Å²) in [4.78, 5) is 14.9. The molecule has 0 atom stereocenters. The fourth-order valence-corrected chi connectivity index (χ4v) is 5.41. The summed E-state index contributed by atoms with van der Waals surface area (Å²) in [6.07, 6.45) is 2.97. The van der Waals surface area contributed by atoms with Gasteiger partial charge >= 0.3 is 0 Å². The maximum Gasteiger partial charge on any atom is 0.199 e. The number of rotatable bonds is 2. The number of pyridine rings is 3. The molecule has 3 aromatic heterocycles. The molecule has 1 aliphatic rings. The van der Waals surface area contributed by atoms with Crippen LogP contribution in [0.3, 0.4) is 0 Å². The number of nitrogens with zero attached hydrogens (tertiary/aromatic N) is 4. The Morgan fingerprint density at radius 2 is 1.97 bits per heavy atom. The molecule has 0 saturated heterocycles. The fourth-order valence-electron chi connectivity index (χ4n) is 3.94.